The van der Waals surface area contributed by atoms with Gasteiger partial charge in [-0.15, -0.1) is 11.3 Å². The third-order valence-corrected chi connectivity index (χ3v) is 7.25. The van der Waals surface area contributed by atoms with Crippen LogP contribution in [-0.2, 0) is 16.4 Å². The highest BCUT2D eigenvalue weighted by atomic mass is 32.2. The quantitative estimate of drug-likeness (QED) is 0.795. The maximum Gasteiger partial charge on any atom is 0.252 e. The Kier molecular flexibility index (Phi) is 6.82. The normalized spacial score (nSPS) is 13.9. The zero-order valence-electron chi connectivity index (χ0n) is 11.6. The van der Waals surface area contributed by atoms with Crippen molar-refractivity contribution in [3.05, 3.63) is 17.0 Å². The van der Waals surface area contributed by atoms with E-state index < -0.39 is 10.0 Å². The molecule has 0 radical (unpaired) electrons. The van der Waals surface area contributed by atoms with Gasteiger partial charge in [0.1, 0.15) is 4.21 Å². The summed E-state index contributed by atoms with van der Waals surface area (Å²) >= 11 is 3.05. The molecule has 1 heterocycles. The number of rotatable bonds is 8. The van der Waals surface area contributed by atoms with Crippen LogP contribution in [0, 0.1) is 0 Å². The lowest BCUT2D eigenvalue weighted by Gasteiger charge is -2.23. The van der Waals surface area contributed by atoms with Crippen LogP contribution in [0.5, 0.6) is 0 Å². The summed E-state index contributed by atoms with van der Waals surface area (Å²) in [6, 6.07) is 3.55. The number of nitrogens with zero attached hydrogens (tertiary/aromatic N) is 1. The molecule has 1 unspecified atom stereocenters. The van der Waals surface area contributed by atoms with Gasteiger partial charge in [0.15, 0.2) is 0 Å². The molecule has 110 valence electrons. The van der Waals surface area contributed by atoms with E-state index >= 15 is 0 Å². The number of thioether (sulfide) groups is 1. The molecule has 0 spiro atoms. The van der Waals surface area contributed by atoms with E-state index in [0.29, 0.717) is 10.8 Å². The molecule has 4 nitrogen and oxygen atoms in total. The molecule has 0 fully saturated rings. The van der Waals surface area contributed by atoms with Crippen LogP contribution in [-0.4, -0.2) is 44.4 Å². The van der Waals surface area contributed by atoms with E-state index in [2.05, 4.69) is 0 Å². The Morgan fingerprint density at radius 3 is 2.74 bits per heavy atom. The fraction of sp³-hybridized carbons (Fsp3) is 0.667. The predicted molar refractivity (Wildman–Crippen MR) is 84.5 cm³/mol. The third kappa shape index (κ3) is 4.46. The van der Waals surface area contributed by atoms with E-state index in [1.54, 1.807) is 24.9 Å². The lowest BCUT2D eigenvalue weighted by molar-refractivity contribution is 0.383. The minimum absolute atomic E-state index is 0.0116. The van der Waals surface area contributed by atoms with Gasteiger partial charge in [-0.25, -0.2) is 8.42 Å². The smallest absolute Gasteiger partial charge is 0.252 e. The van der Waals surface area contributed by atoms with Crippen LogP contribution in [0.15, 0.2) is 16.3 Å². The summed E-state index contributed by atoms with van der Waals surface area (Å²) in [5.41, 5.74) is 5.49. The van der Waals surface area contributed by atoms with Gasteiger partial charge in [-0.05, 0) is 50.5 Å². The van der Waals surface area contributed by atoms with E-state index in [4.69, 9.17) is 5.73 Å². The summed E-state index contributed by atoms with van der Waals surface area (Å²) in [4.78, 5) is 1.02. The summed E-state index contributed by atoms with van der Waals surface area (Å²) in [5, 5.41) is 0. The molecule has 0 saturated carbocycles. The first-order valence-corrected chi connectivity index (χ1v) is 9.84. The fourth-order valence-corrected chi connectivity index (χ4v) is 5.15. The standard InChI is InChI=1S/C12H22N2O2S3/c1-10(7-9-17-3)14(2)19(15,16)12-5-4-11(18-12)6-8-13/h4-5,10H,6-9,13H2,1-3H3. The molecule has 19 heavy (non-hydrogen) atoms. The summed E-state index contributed by atoms with van der Waals surface area (Å²) in [7, 11) is -1.71. The molecule has 1 aromatic rings. The molecule has 1 atom stereocenters. The molecule has 0 aliphatic carbocycles. The van der Waals surface area contributed by atoms with E-state index in [1.165, 1.54) is 15.6 Å². The van der Waals surface area contributed by atoms with Crippen LogP contribution in [0.2, 0.25) is 0 Å². The van der Waals surface area contributed by atoms with Gasteiger partial charge in [0.2, 0.25) is 0 Å². The topological polar surface area (TPSA) is 63.4 Å². The minimum atomic E-state index is -3.36. The van der Waals surface area contributed by atoms with Crippen LogP contribution in [0.25, 0.3) is 0 Å². The van der Waals surface area contributed by atoms with Crippen molar-refractivity contribution in [1.29, 1.82) is 0 Å². The number of hydrogen-bond acceptors (Lipinski definition) is 5. The second-order valence-corrected chi connectivity index (χ2v) is 8.79. The third-order valence-electron chi connectivity index (χ3n) is 3.02. The zero-order valence-corrected chi connectivity index (χ0v) is 14.1. The van der Waals surface area contributed by atoms with Gasteiger partial charge in [0.05, 0.1) is 0 Å². The van der Waals surface area contributed by atoms with Gasteiger partial charge >= 0.3 is 0 Å². The highest BCUT2D eigenvalue weighted by molar-refractivity contribution is 7.98. The molecule has 0 amide bonds. The Morgan fingerprint density at radius 1 is 1.47 bits per heavy atom. The molecule has 0 saturated heterocycles. The second-order valence-electron chi connectivity index (χ2n) is 4.41. The van der Waals surface area contributed by atoms with Crippen molar-refractivity contribution in [2.75, 3.05) is 25.6 Å². The van der Waals surface area contributed by atoms with Crippen molar-refractivity contribution in [2.24, 2.45) is 5.73 Å². The average Bonchev–Trinajstić information content (AvgIpc) is 2.84. The fourth-order valence-electron chi connectivity index (χ4n) is 1.62. The maximum atomic E-state index is 12.5. The Labute approximate surface area is 124 Å². The molecule has 1 rings (SSSR count). The molecule has 0 aliphatic heterocycles. The molecule has 0 bridgehead atoms. The summed E-state index contributed by atoms with van der Waals surface area (Å²) in [5.74, 6) is 0.962. The SMILES string of the molecule is CSCCC(C)N(C)S(=O)(=O)c1ccc(CCN)s1. The molecule has 0 aliphatic rings. The van der Waals surface area contributed by atoms with Crippen molar-refractivity contribution < 1.29 is 8.42 Å². The lowest BCUT2D eigenvalue weighted by atomic mass is 10.3. The largest absolute Gasteiger partial charge is 0.330 e. The van der Waals surface area contributed by atoms with Crippen LogP contribution in [0.3, 0.4) is 0 Å². The monoisotopic (exact) mass is 322 g/mol. The van der Waals surface area contributed by atoms with Gasteiger partial charge in [0, 0.05) is 18.0 Å². The molecular formula is C12H22N2O2S3. The number of sulfonamides is 1. The highest BCUT2D eigenvalue weighted by Crippen LogP contribution is 2.26. The van der Waals surface area contributed by atoms with Gasteiger partial charge in [-0.3, -0.25) is 0 Å². The van der Waals surface area contributed by atoms with Gasteiger partial charge in [-0.2, -0.15) is 16.1 Å². The Balaban J connectivity index is 2.83. The van der Waals surface area contributed by atoms with Gasteiger partial charge in [0.25, 0.3) is 10.0 Å². The zero-order chi connectivity index (χ0) is 14.5. The molecule has 0 aromatic carbocycles. The van der Waals surface area contributed by atoms with Crippen molar-refractivity contribution >= 4 is 33.1 Å². The number of nitrogens with two attached hydrogens (primary N) is 1. The Bertz CT molecular complexity index is 485. The number of thiophene rings is 1. The van der Waals surface area contributed by atoms with Crippen LogP contribution in [0.1, 0.15) is 18.2 Å². The Morgan fingerprint density at radius 2 is 2.16 bits per heavy atom. The first-order chi connectivity index (χ1) is 8.93. The van der Waals surface area contributed by atoms with Crippen LogP contribution < -0.4 is 5.73 Å². The lowest BCUT2D eigenvalue weighted by Crippen LogP contribution is -2.35. The van der Waals surface area contributed by atoms with E-state index in [9.17, 15) is 8.42 Å². The van der Waals surface area contributed by atoms with Crippen molar-refractivity contribution in [3.8, 4) is 0 Å². The summed E-state index contributed by atoms with van der Waals surface area (Å²) < 4.78 is 26.8. The second kappa shape index (κ2) is 7.64. The molecular weight excluding hydrogens is 300 g/mol. The van der Waals surface area contributed by atoms with Gasteiger partial charge in [-0.1, -0.05) is 0 Å². The van der Waals surface area contributed by atoms with E-state index in [1.807, 2.05) is 19.2 Å². The molecule has 7 heteroatoms. The number of hydrogen-bond donors (Lipinski definition) is 1. The highest BCUT2D eigenvalue weighted by Gasteiger charge is 2.26. The average molecular weight is 323 g/mol. The summed E-state index contributed by atoms with van der Waals surface area (Å²) in [6.45, 7) is 2.49. The van der Waals surface area contributed by atoms with Gasteiger partial charge < -0.3 is 5.73 Å². The van der Waals surface area contributed by atoms with Crippen molar-refractivity contribution in [3.63, 3.8) is 0 Å². The Hall–Kier alpha value is -0.0800. The van der Waals surface area contributed by atoms with Crippen LogP contribution >= 0.6 is 23.1 Å². The summed E-state index contributed by atoms with van der Waals surface area (Å²) in [6.07, 6.45) is 3.61. The maximum absolute atomic E-state index is 12.5. The first-order valence-electron chi connectivity index (χ1n) is 6.19. The van der Waals surface area contributed by atoms with Crippen molar-refractivity contribution in [2.45, 2.75) is 30.0 Å². The predicted octanol–water partition coefficient (Wildman–Crippen LogP) is 2.01. The van der Waals surface area contributed by atoms with Crippen LogP contribution in [0.4, 0.5) is 0 Å². The first kappa shape index (κ1) is 17.0. The van der Waals surface area contributed by atoms with Crippen molar-refractivity contribution in [1.82, 2.24) is 4.31 Å². The molecule has 1 aromatic heterocycles. The van der Waals surface area contributed by atoms with E-state index in [0.717, 1.165) is 23.5 Å². The molecule has 2 N–H and O–H groups in total. The minimum Gasteiger partial charge on any atom is -0.330 e. The van der Waals surface area contributed by atoms with E-state index in [-0.39, 0.29) is 6.04 Å².